The predicted octanol–water partition coefficient (Wildman–Crippen LogP) is 1.98. The van der Waals surface area contributed by atoms with Crippen LogP contribution in [0, 0.1) is 18.7 Å². The Bertz CT molecular complexity index is 439. The number of nitrogens with zero attached hydrogens (tertiary/aromatic N) is 1. The van der Waals surface area contributed by atoms with E-state index in [1.54, 1.807) is 24.0 Å². The van der Waals surface area contributed by atoms with Gasteiger partial charge in [-0.3, -0.25) is 4.79 Å². The van der Waals surface area contributed by atoms with Crippen molar-refractivity contribution in [2.75, 3.05) is 19.6 Å². The van der Waals surface area contributed by atoms with Gasteiger partial charge in [0.15, 0.2) is 0 Å². The smallest absolute Gasteiger partial charge is 0.253 e. The second-order valence-electron chi connectivity index (χ2n) is 4.61. The minimum absolute atomic E-state index is 0. The molecule has 1 unspecified atom stereocenters. The van der Waals surface area contributed by atoms with E-state index in [9.17, 15) is 9.18 Å². The van der Waals surface area contributed by atoms with E-state index < -0.39 is 0 Å². The van der Waals surface area contributed by atoms with Crippen molar-refractivity contribution >= 4 is 18.3 Å². The number of amides is 1. The molecule has 18 heavy (non-hydrogen) atoms. The van der Waals surface area contributed by atoms with E-state index in [-0.39, 0.29) is 24.1 Å². The molecule has 3 nitrogen and oxygen atoms in total. The molecule has 0 radical (unpaired) electrons. The Labute approximate surface area is 113 Å². The maximum absolute atomic E-state index is 13.4. The third kappa shape index (κ3) is 3.00. The average Bonchev–Trinajstić information content (AvgIpc) is 2.80. The predicted molar refractivity (Wildman–Crippen MR) is 71.4 cm³/mol. The normalized spacial score (nSPS) is 18.6. The molecule has 2 rings (SSSR count). The van der Waals surface area contributed by atoms with Crippen molar-refractivity contribution < 1.29 is 9.18 Å². The number of hydrogen-bond acceptors (Lipinski definition) is 2. The molecule has 0 saturated carbocycles. The van der Waals surface area contributed by atoms with Crippen molar-refractivity contribution in [3.8, 4) is 0 Å². The van der Waals surface area contributed by atoms with Gasteiger partial charge in [-0.05, 0) is 43.5 Å². The molecule has 1 aliphatic heterocycles. The third-order valence-corrected chi connectivity index (χ3v) is 3.33. The van der Waals surface area contributed by atoms with Crippen molar-refractivity contribution in [1.82, 2.24) is 4.90 Å². The van der Waals surface area contributed by atoms with Gasteiger partial charge in [-0.25, -0.2) is 4.39 Å². The average molecular weight is 273 g/mol. The summed E-state index contributed by atoms with van der Waals surface area (Å²) in [5.74, 6) is -0.0421. The van der Waals surface area contributed by atoms with Crippen LogP contribution in [0.5, 0.6) is 0 Å². The highest BCUT2D eigenvalue weighted by Crippen LogP contribution is 2.18. The lowest BCUT2D eigenvalue weighted by Crippen LogP contribution is -2.29. The van der Waals surface area contributed by atoms with E-state index in [1.165, 1.54) is 6.07 Å². The minimum Gasteiger partial charge on any atom is -0.338 e. The zero-order chi connectivity index (χ0) is 12.4. The largest absolute Gasteiger partial charge is 0.338 e. The quantitative estimate of drug-likeness (QED) is 0.895. The van der Waals surface area contributed by atoms with E-state index >= 15 is 0 Å². The highest BCUT2D eigenvalue weighted by Gasteiger charge is 2.26. The van der Waals surface area contributed by atoms with Crippen molar-refractivity contribution in [2.45, 2.75) is 13.3 Å². The summed E-state index contributed by atoms with van der Waals surface area (Å²) >= 11 is 0. The number of rotatable bonds is 2. The highest BCUT2D eigenvalue weighted by atomic mass is 35.5. The lowest BCUT2D eigenvalue weighted by Gasteiger charge is -2.16. The van der Waals surface area contributed by atoms with Crippen LogP contribution in [0.4, 0.5) is 4.39 Å². The van der Waals surface area contributed by atoms with Crippen molar-refractivity contribution in [2.24, 2.45) is 11.7 Å². The first-order valence-corrected chi connectivity index (χ1v) is 5.87. The van der Waals surface area contributed by atoms with Crippen LogP contribution in [0.15, 0.2) is 18.2 Å². The van der Waals surface area contributed by atoms with Gasteiger partial charge in [0.1, 0.15) is 5.82 Å². The first-order chi connectivity index (χ1) is 8.11. The van der Waals surface area contributed by atoms with Gasteiger partial charge < -0.3 is 10.6 Å². The molecule has 1 saturated heterocycles. The van der Waals surface area contributed by atoms with Crippen LogP contribution in [0.2, 0.25) is 0 Å². The van der Waals surface area contributed by atoms with Gasteiger partial charge in [0, 0.05) is 18.7 Å². The molecule has 1 heterocycles. The zero-order valence-corrected chi connectivity index (χ0v) is 11.2. The molecule has 1 atom stereocenters. The van der Waals surface area contributed by atoms with Crippen LogP contribution >= 0.6 is 12.4 Å². The maximum atomic E-state index is 13.4. The van der Waals surface area contributed by atoms with Gasteiger partial charge in [0.25, 0.3) is 5.91 Å². The number of benzene rings is 1. The first-order valence-electron chi connectivity index (χ1n) is 5.87. The van der Waals surface area contributed by atoms with Gasteiger partial charge in [-0.1, -0.05) is 6.07 Å². The number of carbonyl (C=O) groups is 1. The van der Waals surface area contributed by atoms with Crippen molar-refractivity contribution in [3.63, 3.8) is 0 Å². The fraction of sp³-hybridized carbons (Fsp3) is 0.462. The number of aryl methyl sites for hydroxylation is 1. The molecule has 2 N–H and O–H groups in total. The molecular formula is C13H18ClFN2O. The molecule has 0 bridgehead atoms. The highest BCUT2D eigenvalue weighted by molar-refractivity contribution is 5.94. The standard InChI is InChI=1S/C13H17FN2O.ClH/c1-9-2-3-11(6-12(9)14)13(17)16-5-4-10(7-15)8-16;/h2-3,6,10H,4-5,7-8,15H2,1H3;1H. The van der Waals surface area contributed by atoms with Crippen LogP contribution in [-0.4, -0.2) is 30.4 Å². The second kappa shape index (κ2) is 6.16. The van der Waals surface area contributed by atoms with E-state index in [2.05, 4.69) is 0 Å². The maximum Gasteiger partial charge on any atom is 0.253 e. The minimum atomic E-state index is -0.328. The molecule has 5 heteroatoms. The zero-order valence-electron chi connectivity index (χ0n) is 10.4. The molecule has 1 aliphatic rings. The molecule has 1 aromatic carbocycles. The lowest BCUT2D eigenvalue weighted by atomic mass is 10.1. The Kier molecular flexibility index (Phi) is 5.11. The second-order valence-corrected chi connectivity index (χ2v) is 4.61. The van der Waals surface area contributed by atoms with Gasteiger partial charge in [0.05, 0.1) is 0 Å². The van der Waals surface area contributed by atoms with E-state index in [1.807, 2.05) is 0 Å². The summed E-state index contributed by atoms with van der Waals surface area (Å²) in [6, 6.07) is 4.63. The molecule has 0 spiro atoms. The van der Waals surface area contributed by atoms with Gasteiger partial charge in [-0.2, -0.15) is 0 Å². The number of likely N-dealkylation sites (tertiary alicyclic amines) is 1. The topological polar surface area (TPSA) is 46.3 Å². The molecule has 100 valence electrons. The summed E-state index contributed by atoms with van der Waals surface area (Å²) in [4.78, 5) is 13.8. The monoisotopic (exact) mass is 272 g/mol. The molecule has 1 amide bonds. The van der Waals surface area contributed by atoms with E-state index in [4.69, 9.17) is 5.73 Å². The number of halogens is 2. The molecule has 1 aromatic rings. The summed E-state index contributed by atoms with van der Waals surface area (Å²) in [7, 11) is 0. The van der Waals surface area contributed by atoms with Gasteiger partial charge >= 0.3 is 0 Å². The Balaban J connectivity index is 0.00000162. The summed E-state index contributed by atoms with van der Waals surface area (Å²) < 4.78 is 13.4. The Morgan fingerprint density at radius 2 is 2.28 bits per heavy atom. The van der Waals surface area contributed by atoms with Crippen LogP contribution in [0.1, 0.15) is 22.3 Å². The molecule has 1 fully saturated rings. The SMILES string of the molecule is Cc1ccc(C(=O)N2CCC(CN)C2)cc1F.Cl. The van der Waals surface area contributed by atoms with Gasteiger partial charge in [0.2, 0.25) is 0 Å². The molecule has 0 aromatic heterocycles. The van der Waals surface area contributed by atoms with Crippen LogP contribution in [0.3, 0.4) is 0 Å². The van der Waals surface area contributed by atoms with E-state index in [0.29, 0.717) is 30.1 Å². The first kappa shape index (κ1) is 14.9. The summed E-state index contributed by atoms with van der Waals surface area (Å²) in [6.45, 7) is 3.69. The molecule has 0 aliphatic carbocycles. The van der Waals surface area contributed by atoms with Crippen LogP contribution < -0.4 is 5.73 Å². The van der Waals surface area contributed by atoms with Gasteiger partial charge in [-0.15, -0.1) is 12.4 Å². The Morgan fingerprint density at radius 1 is 1.56 bits per heavy atom. The van der Waals surface area contributed by atoms with Crippen molar-refractivity contribution in [3.05, 3.63) is 35.1 Å². The summed E-state index contributed by atoms with van der Waals surface area (Å²) in [6.07, 6.45) is 0.941. The summed E-state index contributed by atoms with van der Waals surface area (Å²) in [5, 5.41) is 0. The summed E-state index contributed by atoms with van der Waals surface area (Å²) in [5.41, 5.74) is 6.56. The van der Waals surface area contributed by atoms with Crippen molar-refractivity contribution in [1.29, 1.82) is 0 Å². The lowest BCUT2D eigenvalue weighted by molar-refractivity contribution is 0.0787. The Hall–Kier alpha value is -1.13. The van der Waals surface area contributed by atoms with Crippen LogP contribution in [-0.2, 0) is 0 Å². The fourth-order valence-corrected chi connectivity index (χ4v) is 2.12. The molecular weight excluding hydrogens is 255 g/mol. The number of carbonyl (C=O) groups excluding carboxylic acids is 1. The number of nitrogens with two attached hydrogens (primary N) is 1. The number of hydrogen-bond donors (Lipinski definition) is 1. The fourth-order valence-electron chi connectivity index (χ4n) is 2.12. The third-order valence-electron chi connectivity index (χ3n) is 3.33. The van der Waals surface area contributed by atoms with Crippen LogP contribution in [0.25, 0.3) is 0 Å². The Morgan fingerprint density at radius 3 is 2.83 bits per heavy atom. The van der Waals surface area contributed by atoms with E-state index in [0.717, 1.165) is 13.0 Å².